The Morgan fingerprint density at radius 1 is 1.18 bits per heavy atom. The summed E-state index contributed by atoms with van der Waals surface area (Å²) in [6.45, 7) is 7.53. The summed E-state index contributed by atoms with van der Waals surface area (Å²) in [5, 5.41) is 9.11. The van der Waals surface area contributed by atoms with Crippen LogP contribution in [0.4, 0.5) is 5.82 Å². The first-order valence-corrected chi connectivity index (χ1v) is 6.61. The molecule has 0 fully saturated rings. The summed E-state index contributed by atoms with van der Waals surface area (Å²) in [5.41, 5.74) is 2.96. The largest absolute Gasteiger partial charge is 0.359 e. The molecule has 0 bridgehead atoms. The van der Waals surface area contributed by atoms with Crippen molar-refractivity contribution in [3.8, 4) is 0 Å². The molecule has 3 heterocycles. The topological polar surface area (TPSA) is 73.7 Å². The van der Waals surface area contributed by atoms with Crippen LogP contribution in [0.3, 0.4) is 0 Å². The lowest BCUT2D eigenvalue weighted by atomic mass is 10.1. The Balaban J connectivity index is 1.77. The van der Waals surface area contributed by atoms with E-state index in [-0.39, 0.29) is 5.82 Å². The molecule has 0 N–H and O–H groups in total. The van der Waals surface area contributed by atoms with E-state index in [2.05, 4.69) is 36.2 Å². The molecule has 0 amide bonds. The van der Waals surface area contributed by atoms with Gasteiger partial charge >= 0.3 is 0 Å². The standard InChI is InChI=1S/C15H9N7/c1-16-13-8-18-14-15(19-13)22(21-20-14)9-10-4-5-12-11(7-10)3-2-6-17-12/h2-8H,9H2. The van der Waals surface area contributed by atoms with E-state index in [0.29, 0.717) is 17.8 Å². The molecule has 0 aliphatic carbocycles. The van der Waals surface area contributed by atoms with Gasteiger partial charge in [0.25, 0.3) is 11.5 Å². The zero-order valence-corrected chi connectivity index (χ0v) is 11.4. The van der Waals surface area contributed by atoms with E-state index in [1.165, 1.54) is 6.20 Å². The smallest absolute Gasteiger partial charge is 0.291 e. The Kier molecular flexibility index (Phi) is 2.73. The zero-order valence-electron chi connectivity index (χ0n) is 11.4. The van der Waals surface area contributed by atoms with Crippen molar-refractivity contribution in [2.75, 3.05) is 0 Å². The van der Waals surface area contributed by atoms with E-state index in [1.54, 1.807) is 10.9 Å². The highest BCUT2D eigenvalue weighted by molar-refractivity contribution is 5.79. The molecular weight excluding hydrogens is 278 g/mol. The quantitative estimate of drug-likeness (QED) is 0.529. The lowest BCUT2D eigenvalue weighted by molar-refractivity contribution is 0.665. The first-order chi connectivity index (χ1) is 10.8. The number of hydrogen-bond donors (Lipinski definition) is 0. The summed E-state index contributed by atoms with van der Waals surface area (Å²) < 4.78 is 1.65. The molecule has 7 heteroatoms. The van der Waals surface area contributed by atoms with Crippen molar-refractivity contribution in [1.82, 2.24) is 29.9 Å². The number of pyridine rings is 1. The van der Waals surface area contributed by atoms with E-state index in [4.69, 9.17) is 6.57 Å². The molecule has 0 saturated heterocycles. The Morgan fingerprint density at radius 3 is 3.05 bits per heavy atom. The highest BCUT2D eigenvalue weighted by Crippen LogP contribution is 2.16. The van der Waals surface area contributed by atoms with Gasteiger partial charge in [0.15, 0.2) is 0 Å². The minimum Gasteiger partial charge on any atom is -0.359 e. The van der Waals surface area contributed by atoms with Crippen molar-refractivity contribution in [3.63, 3.8) is 0 Å². The Bertz CT molecular complexity index is 1030. The molecule has 0 unspecified atom stereocenters. The second-order valence-electron chi connectivity index (χ2n) is 4.76. The Labute approximate surface area is 125 Å². The van der Waals surface area contributed by atoms with Crippen LogP contribution >= 0.6 is 0 Å². The number of rotatable bonds is 2. The highest BCUT2D eigenvalue weighted by atomic mass is 15.5. The van der Waals surface area contributed by atoms with Gasteiger partial charge < -0.3 is 4.85 Å². The van der Waals surface area contributed by atoms with Gasteiger partial charge in [-0.15, -0.1) is 5.10 Å². The molecule has 22 heavy (non-hydrogen) atoms. The summed E-state index contributed by atoms with van der Waals surface area (Å²) in [7, 11) is 0. The predicted octanol–water partition coefficient (Wildman–Crippen LogP) is 2.37. The molecule has 7 nitrogen and oxygen atoms in total. The van der Waals surface area contributed by atoms with Crippen LogP contribution in [0.5, 0.6) is 0 Å². The van der Waals surface area contributed by atoms with Crippen molar-refractivity contribution in [2.24, 2.45) is 0 Å². The molecule has 104 valence electrons. The fourth-order valence-electron chi connectivity index (χ4n) is 2.30. The van der Waals surface area contributed by atoms with Crippen molar-refractivity contribution >= 4 is 28.0 Å². The van der Waals surface area contributed by atoms with Crippen LogP contribution in [0.1, 0.15) is 5.56 Å². The van der Waals surface area contributed by atoms with Gasteiger partial charge in [0.2, 0.25) is 5.65 Å². The van der Waals surface area contributed by atoms with E-state index in [1.807, 2.05) is 24.3 Å². The number of aromatic nitrogens is 6. The van der Waals surface area contributed by atoms with E-state index in [9.17, 15) is 0 Å². The van der Waals surface area contributed by atoms with Crippen molar-refractivity contribution in [1.29, 1.82) is 0 Å². The fourth-order valence-corrected chi connectivity index (χ4v) is 2.30. The van der Waals surface area contributed by atoms with Crippen molar-refractivity contribution in [2.45, 2.75) is 6.54 Å². The van der Waals surface area contributed by atoms with Gasteiger partial charge in [0.1, 0.15) is 0 Å². The number of hydrogen-bond acceptors (Lipinski definition) is 5. The maximum Gasteiger partial charge on any atom is 0.291 e. The molecule has 1 aromatic carbocycles. The van der Waals surface area contributed by atoms with Gasteiger partial charge in [0.05, 0.1) is 18.3 Å². The highest BCUT2D eigenvalue weighted by Gasteiger charge is 2.12. The van der Waals surface area contributed by atoms with E-state index in [0.717, 1.165) is 16.5 Å². The summed E-state index contributed by atoms with van der Waals surface area (Å²) in [5.74, 6) is 0.235. The first kappa shape index (κ1) is 12.3. The summed E-state index contributed by atoms with van der Waals surface area (Å²) in [4.78, 5) is 15.9. The lowest BCUT2D eigenvalue weighted by Crippen LogP contribution is -2.03. The predicted molar refractivity (Wildman–Crippen MR) is 80.2 cm³/mol. The fraction of sp³-hybridized carbons (Fsp3) is 0.0667. The molecule has 0 aliphatic rings. The van der Waals surface area contributed by atoms with Crippen LogP contribution in [0.25, 0.3) is 27.0 Å². The minimum atomic E-state index is 0.235. The minimum absolute atomic E-state index is 0.235. The van der Waals surface area contributed by atoms with Crippen LogP contribution < -0.4 is 0 Å². The number of nitrogens with zero attached hydrogens (tertiary/aromatic N) is 7. The Hall–Kier alpha value is -3.40. The molecule has 0 saturated carbocycles. The van der Waals surface area contributed by atoms with Crippen LogP contribution in [0.15, 0.2) is 42.7 Å². The third-order valence-corrected chi connectivity index (χ3v) is 3.33. The van der Waals surface area contributed by atoms with Crippen LogP contribution in [-0.2, 0) is 6.54 Å². The molecule has 4 rings (SSSR count). The van der Waals surface area contributed by atoms with Gasteiger partial charge in [-0.1, -0.05) is 28.9 Å². The van der Waals surface area contributed by atoms with Gasteiger partial charge in [-0.3, -0.25) is 4.98 Å². The lowest BCUT2D eigenvalue weighted by Gasteiger charge is -2.03. The third-order valence-electron chi connectivity index (χ3n) is 3.33. The summed E-state index contributed by atoms with van der Waals surface area (Å²) in [6, 6.07) is 9.95. The maximum absolute atomic E-state index is 7.02. The monoisotopic (exact) mass is 287 g/mol. The second kappa shape index (κ2) is 4.86. The van der Waals surface area contributed by atoms with Gasteiger partial charge in [-0.05, 0) is 23.8 Å². The normalized spacial score (nSPS) is 10.9. The van der Waals surface area contributed by atoms with Gasteiger partial charge in [-0.2, -0.15) is 0 Å². The Morgan fingerprint density at radius 2 is 2.14 bits per heavy atom. The zero-order chi connectivity index (χ0) is 14.9. The maximum atomic E-state index is 7.02. The molecule has 3 aromatic heterocycles. The van der Waals surface area contributed by atoms with Gasteiger partial charge in [0, 0.05) is 11.6 Å². The third kappa shape index (κ3) is 2.03. The summed E-state index contributed by atoms with van der Waals surface area (Å²) >= 11 is 0. The van der Waals surface area contributed by atoms with Crippen LogP contribution in [0, 0.1) is 6.57 Å². The molecule has 0 aliphatic heterocycles. The van der Waals surface area contributed by atoms with Crippen LogP contribution in [-0.4, -0.2) is 29.9 Å². The van der Waals surface area contributed by atoms with Crippen molar-refractivity contribution in [3.05, 3.63) is 59.7 Å². The molecular formula is C15H9N7. The first-order valence-electron chi connectivity index (χ1n) is 6.61. The number of fused-ring (bicyclic) bond motifs is 2. The van der Waals surface area contributed by atoms with E-state index >= 15 is 0 Å². The van der Waals surface area contributed by atoms with Gasteiger partial charge in [-0.25, -0.2) is 9.67 Å². The molecule has 0 spiro atoms. The van der Waals surface area contributed by atoms with Crippen LogP contribution in [0.2, 0.25) is 0 Å². The average Bonchev–Trinajstić information content (AvgIpc) is 2.97. The molecule has 0 radical (unpaired) electrons. The molecule has 4 aromatic rings. The van der Waals surface area contributed by atoms with E-state index < -0.39 is 0 Å². The molecule has 0 atom stereocenters. The van der Waals surface area contributed by atoms with Crippen molar-refractivity contribution < 1.29 is 0 Å². The SMILES string of the molecule is [C-]#[N+]c1cnc2nnn(Cc3ccc4ncccc4c3)c2n1. The second-order valence-corrected chi connectivity index (χ2v) is 4.76. The summed E-state index contributed by atoms with van der Waals surface area (Å²) in [6.07, 6.45) is 3.17. The number of benzene rings is 1. The average molecular weight is 287 g/mol.